The Kier molecular flexibility index (Phi) is 3.61. The van der Waals surface area contributed by atoms with E-state index in [2.05, 4.69) is 44.4 Å². The van der Waals surface area contributed by atoms with Crippen LogP contribution in [0.4, 0.5) is 0 Å². The third-order valence-corrected chi connectivity index (χ3v) is 2.76. The van der Waals surface area contributed by atoms with Crippen LogP contribution < -0.4 is 0 Å². The lowest BCUT2D eigenvalue weighted by molar-refractivity contribution is 0.0206. The van der Waals surface area contributed by atoms with E-state index in [1.807, 2.05) is 6.92 Å². The largest absolute Gasteiger partial charge is 0.388 e. The molecule has 1 N–H and O–H groups in total. The van der Waals surface area contributed by atoms with Gasteiger partial charge in [-0.1, -0.05) is 13.8 Å². The number of nitrogens with zero attached hydrogens (tertiary/aromatic N) is 1. The Balaban J connectivity index is 2.76. The average molecular weight is 209 g/mol. The van der Waals surface area contributed by atoms with Crippen molar-refractivity contribution in [1.29, 1.82) is 0 Å². The molecule has 1 atom stereocenters. The number of hydrogen-bond donors (Lipinski definition) is 1. The molecular formula is C13H23NO. The lowest BCUT2D eigenvalue weighted by Gasteiger charge is -2.27. The van der Waals surface area contributed by atoms with Crippen molar-refractivity contribution in [2.45, 2.75) is 53.2 Å². The summed E-state index contributed by atoms with van der Waals surface area (Å²) < 4.78 is 2.18. The quantitative estimate of drug-likeness (QED) is 0.810. The fourth-order valence-electron chi connectivity index (χ4n) is 2.23. The third kappa shape index (κ3) is 3.38. The lowest BCUT2D eigenvalue weighted by atomic mass is 9.94. The van der Waals surface area contributed by atoms with Gasteiger partial charge in [-0.25, -0.2) is 0 Å². The van der Waals surface area contributed by atoms with E-state index in [9.17, 15) is 5.11 Å². The zero-order chi connectivity index (χ0) is 11.6. The first-order chi connectivity index (χ1) is 6.82. The summed E-state index contributed by atoms with van der Waals surface area (Å²) >= 11 is 0. The molecule has 15 heavy (non-hydrogen) atoms. The zero-order valence-electron chi connectivity index (χ0n) is 10.5. The highest BCUT2D eigenvalue weighted by atomic mass is 16.3. The van der Waals surface area contributed by atoms with Gasteiger partial charge in [-0.05, 0) is 45.2 Å². The van der Waals surface area contributed by atoms with E-state index in [1.54, 1.807) is 0 Å². The maximum atomic E-state index is 10.3. The summed E-state index contributed by atoms with van der Waals surface area (Å²) in [5, 5.41) is 10.3. The molecule has 0 fully saturated rings. The molecule has 2 heteroatoms. The molecule has 0 amide bonds. The molecule has 0 aromatic carbocycles. The fourth-order valence-corrected chi connectivity index (χ4v) is 2.23. The van der Waals surface area contributed by atoms with Gasteiger partial charge in [0, 0.05) is 11.4 Å². The molecule has 1 unspecified atom stereocenters. The molecule has 0 bridgehead atoms. The maximum absolute atomic E-state index is 10.3. The Hall–Kier alpha value is -0.760. The molecule has 86 valence electrons. The van der Waals surface area contributed by atoms with Gasteiger partial charge in [0.2, 0.25) is 0 Å². The first-order valence-electron chi connectivity index (χ1n) is 5.67. The number of aromatic nitrogens is 1. The van der Waals surface area contributed by atoms with Crippen LogP contribution in [0.25, 0.3) is 0 Å². The SMILES string of the molecule is Cc1ccc(C)n1CC(C)(O)CC(C)C. The first-order valence-corrected chi connectivity index (χ1v) is 5.67. The average Bonchev–Trinajstić information content (AvgIpc) is 2.33. The number of rotatable bonds is 4. The molecule has 1 rings (SSSR count). The second kappa shape index (κ2) is 4.40. The van der Waals surface area contributed by atoms with Crippen LogP contribution in [0.1, 0.15) is 38.6 Å². The number of hydrogen-bond acceptors (Lipinski definition) is 1. The minimum absolute atomic E-state index is 0.524. The second-order valence-corrected chi connectivity index (χ2v) is 5.30. The maximum Gasteiger partial charge on any atom is 0.0800 e. The van der Waals surface area contributed by atoms with Crippen LogP contribution in [0, 0.1) is 19.8 Å². The van der Waals surface area contributed by atoms with Crippen molar-refractivity contribution in [2.24, 2.45) is 5.92 Å². The van der Waals surface area contributed by atoms with Crippen molar-refractivity contribution in [1.82, 2.24) is 4.57 Å². The van der Waals surface area contributed by atoms with E-state index >= 15 is 0 Å². The second-order valence-electron chi connectivity index (χ2n) is 5.30. The Morgan fingerprint density at radius 1 is 1.27 bits per heavy atom. The van der Waals surface area contributed by atoms with Crippen molar-refractivity contribution in [3.63, 3.8) is 0 Å². The summed E-state index contributed by atoms with van der Waals surface area (Å²) in [4.78, 5) is 0. The van der Waals surface area contributed by atoms with Gasteiger partial charge < -0.3 is 9.67 Å². The van der Waals surface area contributed by atoms with Crippen LogP contribution in [0.2, 0.25) is 0 Å². The Morgan fingerprint density at radius 2 is 1.73 bits per heavy atom. The predicted octanol–water partition coefficient (Wildman–Crippen LogP) is 2.90. The minimum atomic E-state index is -0.608. The van der Waals surface area contributed by atoms with Crippen LogP contribution in [-0.2, 0) is 6.54 Å². The predicted molar refractivity (Wildman–Crippen MR) is 64.0 cm³/mol. The van der Waals surface area contributed by atoms with Gasteiger partial charge in [0.1, 0.15) is 0 Å². The Bertz CT molecular complexity index is 304. The summed E-state index contributed by atoms with van der Waals surface area (Å²) in [7, 11) is 0. The molecule has 0 aliphatic rings. The summed E-state index contributed by atoms with van der Waals surface area (Å²) in [5.41, 5.74) is 1.83. The monoisotopic (exact) mass is 209 g/mol. The Labute approximate surface area is 92.9 Å². The summed E-state index contributed by atoms with van der Waals surface area (Å²) in [6, 6.07) is 4.20. The molecule has 1 aromatic heterocycles. The summed E-state index contributed by atoms with van der Waals surface area (Å²) in [6.07, 6.45) is 0.837. The van der Waals surface area contributed by atoms with Gasteiger partial charge >= 0.3 is 0 Å². The van der Waals surface area contributed by atoms with Crippen molar-refractivity contribution >= 4 is 0 Å². The summed E-state index contributed by atoms with van der Waals surface area (Å²) in [5.74, 6) is 0.524. The van der Waals surface area contributed by atoms with Crippen LogP contribution in [0.15, 0.2) is 12.1 Å². The normalized spacial score (nSPS) is 15.7. The standard InChI is InChI=1S/C13H23NO/c1-10(2)8-13(5,15)9-14-11(3)6-7-12(14)4/h6-7,10,15H,8-9H2,1-5H3. The molecule has 2 nitrogen and oxygen atoms in total. The number of aliphatic hydroxyl groups is 1. The van der Waals surface area contributed by atoms with Crippen molar-refractivity contribution in [3.05, 3.63) is 23.5 Å². The number of aryl methyl sites for hydroxylation is 2. The van der Waals surface area contributed by atoms with Gasteiger partial charge in [-0.15, -0.1) is 0 Å². The van der Waals surface area contributed by atoms with Crippen LogP contribution in [-0.4, -0.2) is 15.3 Å². The van der Waals surface area contributed by atoms with Crippen molar-refractivity contribution in [3.8, 4) is 0 Å². The zero-order valence-corrected chi connectivity index (χ0v) is 10.5. The van der Waals surface area contributed by atoms with Gasteiger partial charge in [-0.2, -0.15) is 0 Å². The molecule has 0 saturated carbocycles. The summed E-state index contributed by atoms with van der Waals surface area (Å²) in [6.45, 7) is 11.1. The van der Waals surface area contributed by atoms with Crippen LogP contribution >= 0.6 is 0 Å². The topological polar surface area (TPSA) is 25.2 Å². The smallest absolute Gasteiger partial charge is 0.0800 e. The highest BCUT2D eigenvalue weighted by Gasteiger charge is 2.23. The van der Waals surface area contributed by atoms with E-state index in [1.165, 1.54) is 11.4 Å². The molecule has 0 aliphatic carbocycles. The Morgan fingerprint density at radius 3 is 2.13 bits per heavy atom. The van der Waals surface area contributed by atoms with Gasteiger partial charge in [0.05, 0.1) is 12.1 Å². The van der Waals surface area contributed by atoms with E-state index in [0.717, 1.165) is 6.42 Å². The minimum Gasteiger partial charge on any atom is -0.388 e. The lowest BCUT2D eigenvalue weighted by Crippen LogP contribution is -2.32. The molecule has 0 spiro atoms. The molecular weight excluding hydrogens is 186 g/mol. The highest BCUT2D eigenvalue weighted by molar-refractivity contribution is 5.14. The highest BCUT2D eigenvalue weighted by Crippen LogP contribution is 2.20. The molecule has 0 radical (unpaired) electrons. The van der Waals surface area contributed by atoms with Gasteiger partial charge in [0.25, 0.3) is 0 Å². The molecule has 1 aromatic rings. The van der Waals surface area contributed by atoms with Crippen LogP contribution in [0.3, 0.4) is 0 Å². The third-order valence-electron chi connectivity index (χ3n) is 2.76. The van der Waals surface area contributed by atoms with E-state index < -0.39 is 5.60 Å². The van der Waals surface area contributed by atoms with Gasteiger partial charge in [-0.3, -0.25) is 0 Å². The van der Waals surface area contributed by atoms with Crippen LogP contribution in [0.5, 0.6) is 0 Å². The van der Waals surface area contributed by atoms with E-state index in [0.29, 0.717) is 12.5 Å². The first kappa shape index (κ1) is 12.3. The fraction of sp³-hybridized carbons (Fsp3) is 0.692. The van der Waals surface area contributed by atoms with Crippen molar-refractivity contribution < 1.29 is 5.11 Å². The molecule has 0 saturated heterocycles. The van der Waals surface area contributed by atoms with E-state index in [4.69, 9.17) is 0 Å². The van der Waals surface area contributed by atoms with Crippen molar-refractivity contribution in [2.75, 3.05) is 0 Å². The molecule has 0 aliphatic heterocycles. The molecule has 1 heterocycles. The van der Waals surface area contributed by atoms with E-state index in [-0.39, 0.29) is 0 Å². The van der Waals surface area contributed by atoms with Gasteiger partial charge in [0.15, 0.2) is 0 Å².